The molecule has 0 bridgehead atoms. The lowest BCUT2D eigenvalue weighted by molar-refractivity contribution is 0.0951. The second-order valence-electron chi connectivity index (χ2n) is 6.86. The molecule has 0 aliphatic heterocycles. The molecular formula is C21H21BrN2O2S. The number of rotatable bonds is 8. The fourth-order valence-corrected chi connectivity index (χ4v) is 4.47. The predicted octanol–water partition coefficient (Wildman–Crippen LogP) is 5.20. The Bertz CT molecular complexity index is 885. The first-order chi connectivity index (χ1) is 13.2. The minimum Gasteiger partial charge on any atom is -0.468 e. The first-order valence-electron chi connectivity index (χ1n) is 9.04. The van der Waals surface area contributed by atoms with Crippen molar-refractivity contribution in [2.24, 2.45) is 0 Å². The lowest BCUT2D eigenvalue weighted by atomic mass is 10.1. The van der Waals surface area contributed by atoms with Gasteiger partial charge in [0.15, 0.2) is 0 Å². The number of furan rings is 1. The maximum Gasteiger partial charge on any atom is 0.251 e. The molecule has 140 valence electrons. The molecule has 1 saturated carbocycles. The second-order valence-corrected chi connectivity index (χ2v) is 8.72. The highest BCUT2D eigenvalue weighted by atomic mass is 79.9. The summed E-state index contributed by atoms with van der Waals surface area (Å²) in [6, 6.07) is 14.3. The zero-order chi connectivity index (χ0) is 18.6. The van der Waals surface area contributed by atoms with E-state index in [9.17, 15) is 4.79 Å². The topological polar surface area (TPSA) is 45.5 Å². The van der Waals surface area contributed by atoms with Crippen LogP contribution in [0.3, 0.4) is 0 Å². The first kappa shape index (κ1) is 18.5. The van der Waals surface area contributed by atoms with Crippen molar-refractivity contribution in [1.29, 1.82) is 0 Å². The van der Waals surface area contributed by atoms with E-state index in [1.807, 2.05) is 36.4 Å². The monoisotopic (exact) mass is 444 g/mol. The molecule has 0 unspecified atom stereocenters. The highest BCUT2D eigenvalue weighted by molar-refractivity contribution is 9.10. The van der Waals surface area contributed by atoms with Crippen molar-refractivity contribution in [1.82, 2.24) is 10.2 Å². The molecule has 2 aromatic heterocycles. The summed E-state index contributed by atoms with van der Waals surface area (Å²) in [6.07, 6.45) is 3.91. The number of halogens is 1. The molecule has 27 heavy (non-hydrogen) atoms. The number of thiophene rings is 1. The summed E-state index contributed by atoms with van der Waals surface area (Å²) in [5.74, 6) is 0.974. The Kier molecular flexibility index (Phi) is 5.76. The fourth-order valence-electron chi connectivity index (χ4n) is 2.95. The lowest BCUT2D eigenvalue weighted by Gasteiger charge is -2.21. The van der Waals surface area contributed by atoms with Gasteiger partial charge in [0.2, 0.25) is 0 Å². The molecule has 0 saturated heterocycles. The highest BCUT2D eigenvalue weighted by Gasteiger charge is 2.23. The van der Waals surface area contributed by atoms with Crippen LogP contribution in [0.5, 0.6) is 0 Å². The second kappa shape index (κ2) is 8.42. The van der Waals surface area contributed by atoms with Gasteiger partial charge in [0.05, 0.1) is 12.8 Å². The maximum absolute atomic E-state index is 12.2. The lowest BCUT2D eigenvalue weighted by Crippen LogP contribution is -2.25. The Morgan fingerprint density at radius 3 is 2.59 bits per heavy atom. The molecule has 6 heteroatoms. The van der Waals surface area contributed by atoms with E-state index in [-0.39, 0.29) is 5.91 Å². The molecule has 1 amide bonds. The van der Waals surface area contributed by atoms with Crippen LogP contribution in [-0.4, -0.2) is 16.8 Å². The van der Waals surface area contributed by atoms with Crippen molar-refractivity contribution < 1.29 is 9.21 Å². The van der Waals surface area contributed by atoms with Crippen LogP contribution in [0.15, 0.2) is 63.0 Å². The van der Waals surface area contributed by atoms with Gasteiger partial charge in [0, 0.05) is 34.0 Å². The zero-order valence-corrected chi connectivity index (χ0v) is 17.3. The van der Waals surface area contributed by atoms with Crippen molar-refractivity contribution in [3.8, 4) is 0 Å². The number of hydrogen-bond acceptors (Lipinski definition) is 4. The number of nitrogens with one attached hydrogen (secondary N) is 1. The van der Waals surface area contributed by atoms with Crippen LogP contribution in [0, 0.1) is 0 Å². The number of carbonyl (C=O) groups is 1. The van der Waals surface area contributed by atoms with E-state index in [1.165, 1.54) is 10.4 Å². The van der Waals surface area contributed by atoms with E-state index >= 15 is 0 Å². The third-order valence-electron chi connectivity index (χ3n) is 4.55. The van der Waals surface area contributed by atoms with Crippen LogP contribution < -0.4 is 5.32 Å². The minimum atomic E-state index is 0.0269. The average Bonchev–Trinajstić information content (AvgIpc) is 3.15. The smallest absolute Gasteiger partial charge is 0.251 e. The quantitative estimate of drug-likeness (QED) is 0.519. The Morgan fingerprint density at radius 2 is 1.96 bits per heavy atom. The van der Waals surface area contributed by atoms with Crippen molar-refractivity contribution in [3.05, 3.63) is 80.3 Å². The number of carbonyl (C=O) groups excluding carboxylic acids is 1. The van der Waals surface area contributed by atoms with Crippen LogP contribution in [-0.2, 0) is 19.6 Å². The molecule has 0 spiro atoms. The van der Waals surface area contributed by atoms with Crippen molar-refractivity contribution >= 4 is 33.2 Å². The molecule has 4 rings (SSSR count). The third-order valence-corrected chi connectivity index (χ3v) is 6.46. The zero-order valence-electron chi connectivity index (χ0n) is 14.9. The Labute approximate surface area is 171 Å². The van der Waals surface area contributed by atoms with Gasteiger partial charge in [-0.2, -0.15) is 0 Å². The van der Waals surface area contributed by atoms with E-state index < -0.39 is 0 Å². The molecule has 2 heterocycles. The number of nitrogens with zero attached hydrogens (tertiary/aromatic N) is 1. The first-order valence-corrected chi connectivity index (χ1v) is 10.7. The molecule has 1 aromatic carbocycles. The molecule has 1 aliphatic rings. The number of amides is 1. The van der Waals surface area contributed by atoms with Crippen LogP contribution in [0.4, 0.5) is 0 Å². The van der Waals surface area contributed by atoms with Crippen LogP contribution in [0.2, 0.25) is 0 Å². The van der Waals surface area contributed by atoms with Gasteiger partial charge in [-0.1, -0.05) is 12.1 Å². The number of benzene rings is 1. The Morgan fingerprint density at radius 1 is 1.15 bits per heavy atom. The molecule has 3 aromatic rings. The molecule has 1 aliphatic carbocycles. The molecule has 1 fully saturated rings. The number of hydrogen-bond donors (Lipinski definition) is 1. The van der Waals surface area contributed by atoms with Crippen LogP contribution in [0.25, 0.3) is 0 Å². The molecule has 0 radical (unpaired) electrons. The largest absolute Gasteiger partial charge is 0.468 e. The van der Waals surface area contributed by atoms with Gasteiger partial charge in [-0.15, -0.1) is 11.3 Å². The van der Waals surface area contributed by atoms with Crippen LogP contribution in [0.1, 0.15) is 39.4 Å². The van der Waals surface area contributed by atoms with Gasteiger partial charge >= 0.3 is 0 Å². The fraction of sp³-hybridized carbons (Fsp3) is 0.286. The van der Waals surface area contributed by atoms with Gasteiger partial charge in [-0.25, -0.2) is 0 Å². The predicted molar refractivity (Wildman–Crippen MR) is 111 cm³/mol. The normalized spacial score (nSPS) is 13.9. The summed E-state index contributed by atoms with van der Waals surface area (Å²) in [5, 5.41) is 5.13. The summed E-state index contributed by atoms with van der Waals surface area (Å²) >= 11 is 5.37. The summed E-state index contributed by atoms with van der Waals surface area (Å²) < 4.78 is 6.68. The minimum absolute atomic E-state index is 0.0269. The molecule has 4 nitrogen and oxygen atoms in total. The molecular weight excluding hydrogens is 424 g/mol. The average molecular weight is 445 g/mol. The van der Waals surface area contributed by atoms with Gasteiger partial charge < -0.3 is 9.73 Å². The van der Waals surface area contributed by atoms with Gasteiger partial charge in [0.25, 0.3) is 5.91 Å². The van der Waals surface area contributed by atoms with Gasteiger partial charge in [-0.05, 0) is 70.0 Å². The third kappa shape index (κ3) is 5.09. The van der Waals surface area contributed by atoms with Crippen molar-refractivity contribution in [3.63, 3.8) is 0 Å². The van der Waals surface area contributed by atoms with Gasteiger partial charge in [-0.3, -0.25) is 9.69 Å². The Balaban J connectivity index is 1.44. The van der Waals surface area contributed by atoms with Crippen molar-refractivity contribution in [2.75, 3.05) is 0 Å². The SMILES string of the molecule is O=C(NC1CC1)c1ccc(CN(Cc2ccco2)Cc2sccc2Br)cc1. The molecule has 0 atom stereocenters. The van der Waals surface area contributed by atoms with E-state index in [0.29, 0.717) is 6.04 Å². The van der Waals surface area contributed by atoms with E-state index in [2.05, 4.69) is 37.6 Å². The van der Waals surface area contributed by atoms with E-state index in [1.54, 1.807) is 17.6 Å². The summed E-state index contributed by atoms with van der Waals surface area (Å²) in [7, 11) is 0. The summed E-state index contributed by atoms with van der Waals surface area (Å²) in [4.78, 5) is 15.8. The van der Waals surface area contributed by atoms with E-state index in [0.717, 1.165) is 48.3 Å². The summed E-state index contributed by atoms with van der Waals surface area (Å²) in [6.45, 7) is 2.36. The standard InChI is InChI=1S/C21H21BrN2O2S/c22-19-9-11-27-20(19)14-24(13-18-2-1-10-26-18)12-15-3-5-16(6-4-15)21(25)23-17-7-8-17/h1-6,9-11,17H,7-8,12-14H2,(H,23,25). The maximum atomic E-state index is 12.2. The van der Waals surface area contributed by atoms with Gasteiger partial charge in [0.1, 0.15) is 5.76 Å². The van der Waals surface area contributed by atoms with Crippen LogP contribution >= 0.6 is 27.3 Å². The highest BCUT2D eigenvalue weighted by Crippen LogP contribution is 2.26. The van der Waals surface area contributed by atoms with Crippen molar-refractivity contribution in [2.45, 2.75) is 38.5 Å². The Hall–Kier alpha value is -1.89. The van der Waals surface area contributed by atoms with E-state index in [4.69, 9.17) is 4.42 Å². The molecule has 1 N–H and O–H groups in total. The summed E-state index contributed by atoms with van der Waals surface area (Å²) in [5.41, 5.74) is 1.90.